The molecule has 0 bridgehead atoms. The maximum atomic E-state index is 11.6. The fraction of sp³-hybridized carbons (Fsp3) is 0.412. The zero-order valence-corrected chi connectivity index (χ0v) is 14.7. The molecule has 0 aliphatic rings. The van der Waals surface area contributed by atoms with Crippen molar-refractivity contribution in [1.82, 2.24) is 0 Å². The van der Waals surface area contributed by atoms with E-state index < -0.39 is 17.9 Å². The number of nitrogens with one attached hydrogen (secondary N) is 1. The molecule has 1 unspecified atom stereocenters. The van der Waals surface area contributed by atoms with E-state index in [4.69, 9.17) is 17.2 Å². The molecule has 25 heavy (non-hydrogen) atoms. The minimum Gasteiger partial charge on any atom is -0.387 e. The third kappa shape index (κ3) is 6.62. The second-order valence-electron chi connectivity index (χ2n) is 6.31. The maximum Gasteiger partial charge on any atom is 0.250 e. The molecule has 0 heterocycles. The van der Waals surface area contributed by atoms with Crippen LogP contribution in [0.4, 0.5) is 11.4 Å². The Labute approximate surface area is 146 Å². The van der Waals surface area contributed by atoms with Crippen LogP contribution in [0.2, 0.25) is 0 Å². The number of primary amides is 2. The summed E-state index contributed by atoms with van der Waals surface area (Å²) in [7, 11) is 0. The third-order valence-electron chi connectivity index (χ3n) is 3.35. The molecule has 7 N–H and O–H groups in total. The van der Waals surface area contributed by atoms with Crippen molar-refractivity contribution in [3.63, 3.8) is 0 Å². The van der Waals surface area contributed by atoms with E-state index in [1.54, 1.807) is 12.1 Å². The van der Waals surface area contributed by atoms with Crippen LogP contribution >= 0.6 is 0 Å². The lowest BCUT2D eigenvalue weighted by Gasteiger charge is -2.19. The van der Waals surface area contributed by atoms with Gasteiger partial charge < -0.3 is 22.5 Å². The van der Waals surface area contributed by atoms with Crippen LogP contribution in [0, 0.1) is 5.92 Å². The highest BCUT2D eigenvalue weighted by molar-refractivity contribution is 6.03. The van der Waals surface area contributed by atoms with E-state index in [0.29, 0.717) is 12.1 Å². The van der Waals surface area contributed by atoms with E-state index in [0.717, 1.165) is 0 Å². The van der Waals surface area contributed by atoms with Gasteiger partial charge in [0.15, 0.2) is 0 Å². The number of anilines is 1. The van der Waals surface area contributed by atoms with Crippen molar-refractivity contribution in [2.24, 2.45) is 28.1 Å². The SMILES string of the molecule is CC(=O)CC(N)=Nc1cc(NC(CC(C)C)C(N)=O)ccc1C(N)=O. The molecule has 0 saturated heterocycles. The van der Waals surface area contributed by atoms with Crippen LogP contribution < -0.4 is 22.5 Å². The Morgan fingerprint density at radius 3 is 2.28 bits per heavy atom. The number of ketones is 1. The molecular formula is C17H25N5O3. The summed E-state index contributed by atoms with van der Waals surface area (Å²) in [5.41, 5.74) is 17.4. The van der Waals surface area contributed by atoms with Gasteiger partial charge in [-0.15, -0.1) is 0 Å². The van der Waals surface area contributed by atoms with Gasteiger partial charge >= 0.3 is 0 Å². The van der Waals surface area contributed by atoms with Gasteiger partial charge in [-0.3, -0.25) is 14.4 Å². The number of hydrogen-bond acceptors (Lipinski definition) is 5. The lowest BCUT2D eigenvalue weighted by molar-refractivity contribution is -0.119. The molecule has 0 spiro atoms. The molecule has 1 aromatic rings. The smallest absolute Gasteiger partial charge is 0.250 e. The Kier molecular flexibility index (Phi) is 7.10. The number of rotatable bonds is 9. The van der Waals surface area contributed by atoms with Crippen LogP contribution in [0.1, 0.15) is 44.0 Å². The second kappa shape index (κ2) is 8.81. The fourth-order valence-corrected chi connectivity index (χ4v) is 2.29. The van der Waals surface area contributed by atoms with Crippen molar-refractivity contribution in [1.29, 1.82) is 0 Å². The highest BCUT2D eigenvalue weighted by atomic mass is 16.1. The first-order valence-corrected chi connectivity index (χ1v) is 7.92. The van der Waals surface area contributed by atoms with E-state index in [-0.39, 0.29) is 35.2 Å². The highest BCUT2D eigenvalue weighted by Gasteiger charge is 2.18. The Morgan fingerprint density at radius 1 is 1.16 bits per heavy atom. The molecule has 0 radical (unpaired) electrons. The van der Waals surface area contributed by atoms with Crippen LogP contribution in [0.5, 0.6) is 0 Å². The quantitative estimate of drug-likeness (QED) is 0.388. The van der Waals surface area contributed by atoms with E-state index in [1.165, 1.54) is 13.0 Å². The van der Waals surface area contributed by atoms with Crippen molar-refractivity contribution >= 4 is 34.8 Å². The Hall–Kier alpha value is -2.90. The monoisotopic (exact) mass is 347 g/mol. The lowest BCUT2D eigenvalue weighted by Crippen LogP contribution is -2.36. The molecule has 8 nitrogen and oxygen atoms in total. The van der Waals surface area contributed by atoms with Gasteiger partial charge in [-0.1, -0.05) is 13.8 Å². The van der Waals surface area contributed by atoms with Gasteiger partial charge in [0, 0.05) is 5.69 Å². The minimum absolute atomic E-state index is 0.0346. The number of Topliss-reactive ketones (excluding diaryl/α,β-unsaturated/α-hetero) is 1. The maximum absolute atomic E-state index is 11.6. The molecule has 136 valence electrons. The zero-order chi connectivity index (χ0) is 19.1. The largest absolute Gasteiger partial charge is 0.387 e. The van der Waals surface area contributed by atoms with Crippen molar-refractivity contribution in [2.75, 3.05) is 5.32 Å². The second-order valence-corrected chi connectivity index (χ2v) is 6.31. The lowest BCUT2D eigenvalue weighted by atomic mass is 10.0. The standard InChI is InChI=1S/C17H25N5O3/c1-9(2)6-14(17(20)25)21-11-4-5-12(16(19)24)13(8-11)22-15(18)7-10(3)23/h4-5,8-9,14,21H,6-7H2,1-3H3,(H2,18,22)(H2,19,24)(H2,20,25). The number of hydrogen-bond donors (Lipinski definition) is 4. The average molecular weight is 347 g/mol. The number of benzene rings is 1. The molecule has 0 aliphatic carbocycles. The first kappa shape index (κ1) is 20.1. The minimum atomic E-state index is -0.672. The molecule has 1 atom stereocenters. The van der Waals surface area contributed by atoms with E-state index in [9.17, 15) is 14.4 Å². The van der Waals surface area contributed by atoms with E-state index in [1.807, 2.05) is 13.8 Å². The van der Waals surface area contributed by atoms with Gasteiger partial charge in [-0.25, -0.2) is 4.99 Å². The molecule has 1 rings (SSSR count). The number of nitrogens with two attached hydrogens (primary N) is 3. The predicted octanol–water partition coefficient (Wildman–Crippen LogP) is 1.07. The Balaban J connectivity index is 3.19. The summed E-state index contributed by atoms with van der Waals surface area (Å²) >= 11 is 0. The van der Waals surface area contributed by atoms with Crippen LogP contribution in [-0.4, -0.2) is 29.5 Å². The van der Waals surface area contributed by atoms with E-state index in [2.05, 4.69) is 10.3 Å². The van der Waals surface area contributed by atoms with Crippen molar-refractivity contribution in [2.45, 2.75) is 39.7 Å². The van der Waals surface area contributed by atoms with Crippen LogP contribution in [0.15, 0.2) is 23.2 Å². The van der Waals surface area contributed by atoms with Gasteiger partial charge in [-0.2, -0.15) is 0 Å². The summed E-state index contributed by atoms with van der Waals surface area (Å²) in [6, 6.07) is 4.07. The van der Waals surface area contributed by atoms with Crippen LogP contribution in [0.25, 0.3) is 0 Å². The van der Waals surface area contributed by atoms with Gasteiger partial charge in [0.1, 0.15) is 17.7 Å². The van der Waals surface area contributed by atoms with Gasteiger partial charge in [0.25, 0.3) is 5.91 Å². The molecule has 0 aliphatic heterocycles. The predicted molar refractivity (Wildman–Crippen MR) is 97.6 cm³/mol. The van der Waals surface area contributed by atoms with Crippen molar-refractivity contribution < 1.29 is 14.4 Å². The number of aliphatic imine (C=N–C) groups is 1. The zero-order valence-electron chi connectivity index (χ0n) is 14.7. The first-order valence-electron chi connectivity index (χ1n) is 7.92. The molecule has 1 aromatic carbocycles. The fourth-order valence-electron chi connectivity index (χ4n) is 2.29. The average Bonchev–Trinajstić information content (AvgIpc) is 2.44. The number of carbonyl (C=O) groups excluding carboxylic acids is 3. The molecule has 0 fully saturated rings. The van der Waals surface area contributed by atoms with E-state index >= 15 is 0 Å². The van der Waals surface area contributed by atoms with Gasteiger partial charge in [0.05, 0.1) is 17.7 Å². The molecule has 8 heteroatoms. The first-order chi connectivity index (χ1) is 11.6. The van der Waals surface area contributed by atoms with Gasteiger partial charge in [-0.05, 0) is 37.5 Å². The number of amidine groups is 1. The number of amides is 2. The van der Waals surface area contributed by atoms with Crippen LogP contribution in [-0.2, 0) is 9.59 Å². The summed E-state index contributed by atoms with van der Waals surface area (Å²) in [5, 5.41) is 3.03. The molecule has 0 aromatic heterocycles. The summed E-state index contributed by atoms with van der Waals surface area (Å²) in [5.74, 6) is -0.968. The highest BCUT2D eigenvalue weighted by Crippen LogP contribution is 2.25. The Morgan fingerprint density at radius 2 is 1.80 bits per heavy atom. The number of carbonyl (C=O) groups is 3. The summed E-state index contributed by atoms with van der Waals surface area (Å²) in [6.07, 6.45) is 0.519. The summed E-state index contributed by atoms with van der Waals surface area (Å²) in [4.78, 5) is 38.4. The topological polar surface area (TPSA) is 154 Å². The van der Waals surface area contributed by atoms with Gasteiger partial charge in [0.2, 0.25) is 5.91 Å². The normalized spacial score (nSPS) is 12.7. The van der Waals surface area contributed by atoms with Crippen LogP contribution in [0.3, 0.4) is 0 Å². The number of nitrogens with zero attached hydrogens (tertiary/aromatic N) is 1. The summed E-state index contributed by atoms with van der Waals surface area (Å²) in [6.45, 7) is 5.34. The van der Waals surface area contributed by atoms with Crippen molar-refractivity contribution in [3.8, 4) is 0 Å². The third-order valence-corrected chi connectivity index (χ3v) is 3.35. The molecular weight excluding hydrogens is 322 g/mol. The van der Waals surface area contributed by atoms with Crippen molar-refractivity contribution in [3.05, 3.63) is 23.8 Å². The molecule has 0 saturated carbocycles. The Bertz CT molecular complexity index is 698. The summed E-state index contributed by atoms with van der Waals surface area (Å²) < 4.78 is 0. The molecule has 2 amide bonds.